The zero-order valence-corrected chi connectivity index (χ0v) is 16.5. The summed E-state index contributed by atoms with van der Waals surface area (Å²) >= 11 is 0. The van der Waals surface area contributed by atoms with E-state index in [-0.39, 0.29) is 5.97 Å². The second-order valence-corrected chi connectivity index (χ2v) is 6.70. The van der Waals surface area contributed by atoms with E-state index in [1.165, 1.54) is 0 Å². The van der Waals surface area contributed by atoms with Gasteiger partial charge in [0.05, 0.1) is 6.61 Å². The first-order valence-electron chi connectivity index (χ1n) is 8.84. The lowest BCUT2D eigenvalue weighted by molar-refractivity contribution is -0.139. The average molecular weight is 341 g/mol. The van der Waals surface area contributed by atoms with Crippen molar-refractivity contribution in [3.8, 4) is 0 Å². The summed E-state index contributed by atoms with van der Waals surface area (Å²) in [5, 5.41) is 8.67. The molecule has 0 heterocycles. The van der Waals surface area contributed by atoms with Crippen molar-refractivity contribution in [2.75, 3.05) is 6.61 Å². The number of hydrogen-bond donors (Lipinski definition) is 1. The Morgan fingerprint density at radius 2 is 1.54 bits per heavy atom. The number of carbonyl (C=O) groups excluding carboxylic acids is 1. The van der Waals surface area contributed by atoms with Gasteiger partial charge in [-0.15, -0.1) is 0 Å². The molecule has 0 aliphatic carbocycles. The van der Waals surface area contributed by atoms with E-state index in [4.69, 9.17) is 9.84 Å². The van der Waals surface area contributed by atoms with Gasteiger partial charge in [0.1, 0.15) is 0 Å². The molecular formula is C20H36O4. The lowest BCUT2D eigenvalue weighted by Crippen LogP contribution is -2.08. The minimum Gasteiger partial charge on any atom is -0.478 e. The maximum absolute atomic E-state index is 11.1. The van der Waals surface area contributed by atoms with Crippen LogP contribution in [0.3, 0.4) is 0 Å². The van der Waals surface area contributed by atoms with Crippen LogP contribution in [0.15, 0.2) is 23.3 Å². The van der Waals surface area contributed by atoms with Crippen LogP contribution in [0.5, 0.6) is 0 Å². The van der Waals surface area contributed by atoms with Gasteiger partial charge >= 0.3 is 11.9 Å². The Bertz CT molecular complexity index is 417. The number of carboxylic acids is 1. The molecule has 0 aromatic rings. The Hall–Kier alpha value is -1.58. The maximum Gasteiger partial charge on any atom is 0.333 e. The number of hydrogen-bond acceptors (Lipinski definition) is 3. The van der Waals surface area contributed by atoms with Gasteiger partial charge in [-0.25, -0.2) is 9.59 Å². The minimum absolute atomic E-state index is 0.196. The van der Waals surface area contributed by atoms with Gasteiger partial charge in [-0.3, -0.25) is 0 Å². The zero-order chi connectivity index (χ0) is 19.1. The summed E-state index contributed by atoms with van der Waals surface area (Å²) in [6.07, 6.45) is 7.15. The highest BCUT2D eigenvalue weighted by Crippen LogP contribution is 2.11. The van der Waals surface area contributed by atoms with Gasteiger partial charge in [-0.05, 0) is 51.9 Å². The average Bonchev–Trinajstić information content (AvgIpc) is 2.50. The van der Waals surface area contributed by atoms with Crippen LogP contribution in [0.4, 0.5) is 0 Å². The van der Waals surface area contributed by atoms with Gasteiger partial charge in [0, 0.05) is 11.1 Å². The fourth-order valence-corrected chi connectivity index (χ4v) is 1.69. The largest absolute Gasteiger partial charge is 0.478 e. The van der Waals surface area contributed by atoms with Crippen molar-refractivity contribution in [2.24, 2.45) is 11.8 Å². The molecule has 0 fully saturated rings. The highest BCUT2D eigenvalue weighted by Gasteiger charge is 2.05. The van der Waals surface area contributed by atoms with Gasteiger partial charge in [0.25, 0.3) is 0 Å². The molecule has 0 spiro atoms. The summed E-state index contributed by atoms with van der Waals surface area (Å²) in [6.45, 7) is 14.4. The summed E-state index contributed by atoms with van der Waals surface area (Å²) in [7, 11) is 0. The normalized spacial score (nSPS) is 12.0. The summed E-state index contributed by atoms with van der Waals surface area (Å²) in [6, 6.07) is 0. The first kappa shape index (κ1) is 24.7. The molecule has 0 saturated heterocycles. The molecule has 24 heavy (non-hydrogen) atoms. The van der Waals surface area contributed by atoms with E-state index >= 15 is 0 Å². The number of allylic oxidation sites excluding steroid dienone is 2. The van der Waals surface area contributed by atoms with Crippen molar-refractivity contribution < 1.29 is 19.4 Å². The molecular weight excluding hydrogens is 304 g/mol. The van der Waals surface area contributed by atoms with Crippen LogP contribution >= 0.6 is 0 Å². The quantitative estimate of drug-likeness (QED) is 0.452. The van der Waals surface area contributed by atoms with E-state index in [1.54, 1.807) is 26.0 Å². The van der Waals surface area contributed by atoms with Gasteiger partial charge in [-0.1, -0.05) is 46.3 Å². The van der Waals surface area contributed by atoms with Gasteiger partial charge in [0.2, 0.25) is 0 Å². The van der Waals surface area contributed by atoms with Crippen LogP contribution in [-0.2, 0) is 14.3 Å². The first-order chi connectivity index (χ1) is 11.1. The Kier molecular flexibility index (Phi) is 15.4. The Morgan fingerprint density at radius 3 is 1.92 bits per heavy atom. The lowest BCUT2D eigenvalue weighted by Gasteiger charge is -2.06. The fourth-order valence-electron chi connectivity index (χ4n) is 1.69. The van der Waals surface area contributed by atoms with Crippen molar-refractivity contribution >= 4 is 11.9 Å². The molecule has 0 aliphatic heterocycles. The number of esters is 1. The Balaban J connectivity index is 0. The third-order valence-electron chi connectivity index (χ3n) is 3.53. The molecule has 140 valence electrons. The van der Waals surface area contributed by atoms with Gasteiger partial charge in [0.15, 0.2) is 0 Å². The summed E-state index contributed by atoms with van der Waals surface area (Å²) < 4.78 is 5.00. The molecule has 0 atom stereocenters. The van der Waals surface area contributed by atoms with E-state index in [0.717, 1.165) is 19.3 Å². The number of carbonyl (C=O) groups is 2. The van der Waals surface area contributed by atoms with E-state index in [2.05, 4.69) is 27.7 Å². The first-order valence-corrected chi connectivity index (χ1v) is 8.84. The van der Waals surface area contributed by atoms with Crippen LogP contribution in [-0.4, -0.2) is 23.7 Å². The molecule has 0 amide bonds. The SMILES string of the molecule is C/C=C(/C)C(=O)OCCC(C)C.C/C=C(/CCCC(C)C)C(=O)O. The molecule has 0 aromatic carbocycles. The molecule has 1 N–H and O–H groups in total. The van der Waals surface area contributed by atoms with Crippen LogP contribution in [0.25, 0.3) is 0 Å². The van der Waals surface area contributed by atoms with E-state index in [1.807, 2.05) is 6.92 Å². The predicted octanol–water partition coefficient (Wildman–Crippen LogP) is 5.39. The highest BCUT2D eigenvalue weighted by atomic mass is 16.5. The van der Waals surface area contributed by atoms with E-state index < -0.39 is 5.97 Å². The Morgan fingerprint density at radius 1 is 1.00 bits per heavy atom. The van der Waals surface area contributed by atoms with Crippen LogP contribution in [0.1, 0.15) is 74.1 Å². The third-order valence-corrected chi connectivity index (χ3v) is 3.53. The molecule has 4 nitrogen and oxygen atoms in total. The van der Waals surface area contributed by atoms with Gasteiger partial charge < -0.3 is 9.84 Å². The molecule has 0 unspecified atom stereocenters. The maximum atomic E-state index is 11.1. The van der Waals surface area contributed by atoms with Crippen molar-refractivity contribution in [1.29, 1.82) is 0 Å². The number of rotatable bonds is 9. The fraction of sp³-hybridized carbons (Fsp3) is 0.700. The van der Waals surface area contributed by atoms with Crippen molar-refractivity contribution in [1.82, 2.24) is 0 Å². The minimum atomic E-state index is -0.777. The second-order valence-electron chi connectivity index (χ2n) is 6.70. The lowest BCUT2D eigenvalue weighted by atomic mass is 10.0. The third kappa shape index (κ3) is 15.3. The second kappa shape index (κ2) is 15.0. The monoisotopic (exact) mass is 340 g/mol. The zero-order valence-electron chi connectivity index (χ0n) is 16.5. The van der Waals surface area contributed by atoms with Gasteiger partial charge in [-0.2, -0.15) is 0 Å². The molecule has 4 heteroatoms. The summed E-state index contributed by atoms with van der Waals surface area (Å²) in [5.74, 6) is 0.278. The predicted molar refractivity (Wildman–Crippen MR) is 99.9 cm³/mol. The van der Waals surface area contributed by atoms with E-state index in [9.17, 15) is 9.59 Å². The Labute approximate surface area is 148 Å². The molecule has 0 saturated carbocycles. The van der Waals surface area contributed by atoms with Crippen LogP contribution in [0.2, 0.25) is 0 Å². The summed E-state index contributed by atoms with van der Waals surface area (Å²) in [4.78, 5) is 21.6. The van der Waals surface area contributed by atoms with E-state index in [0.29, 0.717) is 36.0 Å². The van der Waals surface area contributed by atoms with Crippen LogP contribution < -0.4 is 0 Å². The smallest absolute Gasteiger partial charge is 0.333 e. The molecule has 0 bridgehead atoms. The number of ether oxygens (including phenoxy) is 1. The molecule has 0 radical (unpaired) electrons. The molecule has 0 aromatic heterocycles. The van der Waals surface area contributed by atoms with Crippen molar-refractivity contribution in [2.45, 2.75) is 74.1 Å². The summed E-state index contributed by atoms with van der Waals surface area (Å²) in [5.41, 5.74) is 1.22. The number of carboxylic acid groups (broad SMARTS) is 1. The molecule has 0 aliphatic rings. The molecule has 0 rings (SSSR count). The van der Waals surface area contributed by atoms with Crippen LogP contribution in [0, 0.1) is 11.8 Å². The number of aliphatic carboxylic acids is 1. The topological polar surface area (TPSA) is 63.6 Å². The van der Waals surface area contributed by atoms with Crippen molar-refractivity contribution in [3.05, 3.63) is 23.3 Å². The highest BCUT2D eigenvalue weighted by molar-refractivity contribution is 5.87. The standard InChI is InChI=1S/2C10H18O2/c1-5-9(4)10(11)12-7-6-8(2)3;1-4-9(10(11)12)7-5-6-8(2)3/h5,8H,6-7H2,1-4H3;4,8H,5-7H2,1-3H3,(H,11,12)/b9-5-;9-4-. The van der Waals surface area contributed by atoms with Crippen molar-refractivity contribution in [3.63, 3.8) is 0 Å².